The highest BCUT2D eigenvalue weighted by atomic mass is 79.9. The SMILES string of the molecule is CCOc1ccc(C2CCC(C3CCC(C=CBr)CC3)CC2)cc1F. The van der Waals surface area contributed by atoms with Gasteiger partial charge in [0.25, 0.3) is 0 Å². The summed E-state index contributed by atoms with van der Waals surface area (Å²) in [6.07, 6.45) is 12.8. The Morgan fingerprint density at radius 1 is 1.04 bits per heavy atom. The third kappa shape index (κ3) is 4.87. The minimum atomic E-state index is -0.209. The van der Waals surface area contributed by atoms with Gasteiger partial charge in [0.2, 0.25) is 0 Å². The molecular formula is C22H30BrFO. The molecule has 2 fully saturated rings. The first kappa shape index (κ1) is 18.9. The molecule has 0 spiro atoms. The fourth-order valence-corrected chi connectivity index (χ4v) is 5.31. The van der Waals surface area contributed by atoms with Crippen molar-refractivity contribution in [3.05, 3.63) is 40.6 Å². The summed E-state index contributed by atoms with van der Waals surface area (Å²) >= 11 is 3.41. The smallest absolute Gasteiger partial charge is 0.165 e. The molecule has 0 radical (unpaired) electrons. The Balaban J connectivity index is 1.51. The van der Waals surface area contributed by atoms with Crippen molar-refractivity contribution in [2.24, 2.45) is 17.8 Å². The van der Waals surface area contributed by atoms with Crippen molar-refractivity contribution in [1.29, 1.82) is 0 Å². The zero-order valence-electron chi connectivity index (χ0n) is 15.2. The fraction of sp³-hybridized carbons (Fsp3) is 0.636. The molecule has 2 aliphatic carbocycles. The summed E-state index contributed by atoms with van der Waals surface area (Å²) in [4.78, 5) is 2.03. The standard InChI is InChI=1S/C22H30BrFO/c1-2-25-22-12-11-20(15-21(22)24)19-9-7-18(8-10-19)17-5-3-16(4-6-17)13-14-23/h11-19H,2-10H2,1H3. The lowest BCUT2D eigenvalue weighted by Gasteiger charge is -2.37. The van der Waals surface area contributed by atoms with Crippen molar-refractivity contribution in [2.45, 2.75) is 64.2 Å². The van der Waals surface area contributed by atoms with Crippen LogP contribution in [0.4, 0.5) is 4.39 Å². The Labute approximate surface area is 160 Å². The number of ether oxygens (including phenoxy) is 1. The molecule has 0 amide bonds. The first-order valence-electron chi connectivity index (χ1n) is 9.90. The van der Waals surface area contributed by atoms with Gasteiger partial charge in [-0.05, 0) is 105 Å². The minimum absolute atomic E-state index is 0.209. The largest absolute Gasteiger partial charge is 0.491 e. The summed E-state index contributed by atoms with van der Waals surface area (Å²) in [5, 5.41) is 0. The molecule has 0 atom stereocenters. The van der Waals surface area contributed by atoms with Crippen LogP contribution in [0.3, 0.4) is 0 Å². The highest BCUT2D eigenvalue weighted by molar-refractivity contribution is 9.11. The summed E-state index contributed by atoms with van der Waals surface area (Å²) in [5.41, 5.74) is 1.16. The van der Waals surface area contributed by atoms with Crippen LogP contribution in [0.15, 0.2) is 29.3 Å². The molecule has 2 saturated carbocycles. The van der Waals surface area contributed by atoms with E-state index in [0.717, 1.165) is 23.3 Å². The highest BCUT2D eigenvalue weighted by Gasteiger charge is 2.31. The molecule has 1 nitrogen and oxygen atoms in total. The molecule has 3 rings (SSSR count). The van der Waals surface area contributed by atoms with Crippen LogP contribution < -0.4 is 4.74 Å². The monoisotopic (exact) mass is 408 g/mol. The van der Waals surface area contributed by atoms with Crippen LogP contribution in [0.25, 0.3) is 0 Å². The molecular weight excluding hydrogens is 379 g/mol. The lowest BCUT2D eigenvalue weighted by atomic mass is 9.68. The summed E-state index contributed by atoms with van der Waals surface area (Å²) in [6, 6.07) is 5.57. The van der Waals surface area contributed by atoms with E-state index in [2.05, 4.69) is 28.1 Å². The maximum Gasteiger partial charge on any atom is 0.165 e. The second kappa shape index (κ2) is 9.21. The van der Waals surface area contributed by atoms with Gasteiger partial charge >= 0.3 is 0 Å². The zero-order chi connectivity index (χ0) is 17.6. The molecule has 3 heteroatoms. The van der Waals surface area contributed by atoms with E-state index < -0.39 is 0 Å². The number of halogens is 2. The Morgan fingerprint density at radius 2 is 1.68 bits per heavy atom. The van der Waals surface area contributed by atoms with E-state index in [9.17, 15) is 4.39 Å². The molecule has 1 aromatic rings. The van der Waals surface area contributed by atoms with Gasteiger partial charge < -0.3 is 4.74 Å². The third-order valence-electron chi connectivity index (χ3n) is 6.33. The van der Waals surface area contributed by atoms with Crippen LogP contribution >= 0.6 is 15.9 Å². The molecule has 0 aliphatic heterocycles. The Morgan fingerprint density at radius 3 is 2.24 bits per heavy atom. The average Bonchev–Trinajstić information content (AvgIpc) is 2.65. The quantitative estimate of drug-likeness (QED) is 0.499. The van der Waals surface area contributed by atoms with Gasteiger partial charge in [-0.1, -0.05) is 28.1 Å². The van der Waals surface area contributed by atoms with Crippen molar-refractivity contribution < 1.29 is 9.13 Å². The van der Waals surface area contributed by atoms with Crippen LogP contribution in [0.1, 0.15) is 69.8 Å². The first-order valence-corrected chi connectivity index (χ1v) is 10.8. The highest BCUT2D eigenvalue weighted by Crippen LogP contribution is 2.44. The van der Waals surface area contributed by atoms with Gasteiger partial charge in [0.05, 0.1) is 6.61 Å². The maximum absolute atomic E-state index is 14.1. The van der Waals surface area contributed by atoms with Gasteiger partial charge in [-0.2, -0.15) is 0 Å². The fourth-order valence-electron chi connectivity index (χ4n) is 4.88. The topological polar surface area (TPSA) is 9.23 Å². The summed E-state index contributed by atoms with van der Waals surface area (Å²) in [5.74, 6) is 3.28. The zero-order valence-corrected chi connectivity index (χ0v) is 16.8. The summed E-state index contributed by atoms with van der Waals surface area (Å²) in [7, 11) is 0. The number of hydrogen-bond acceptors (Lipinski definition) is 1. The van der Waals surface area contributed by atoms with Gasteiger partial charge in [0.15, 0.2) is 11.6 Å². The van der Waals surface area contributed by atoms with Gasteiger partial charge in [0, 0.05) is 0 Å². The third-order valence-corrected chi connectivity index (χ3v) is 6.63. The molecule has 138 valence electrons. The predicted molar refractivity (Wildman–Crippen MR) is 106 cm³/mol. The van der Waals surface area contributed by atoms with Crippen molar-refractivity contribution >= 4 is 15.9 Å². The van der Waals surface area contributed by atoms with Crippen molar-refractivity contribution in [1.82, 2.24) is 0 Å². The number of rotatable bonds is 5. The van der Waals surface area contributed by atoms with Crippen LogP contribution in [0, 0.1) is 23.6 Å². The summed E-state index contributed by atoms with van der Waals surface area (Å²) < 4.78 is 19.4. The van der Waals surface area contributed by atoms with E-state index in [4.69, 9.17) is 4.74 Å². The minimum Gasteiger partial charge on any atom is -0.491 e. The van der Waals surface area contributed by atoms with Crippen molar-refractivity contribution in [3.63, 3.8) is 0 Å². The molecule has 1 aromatic carbocycles. The predicted octanol–water partition coefficient (Wildman–Crippen LogP) is 7.21. The van der Waals surface area contributed by atoms with Crippen molar-refractivity contribution in [2.75, 3.05) is 6.61 Å². The van der Waals surface area contributed by atoms with Gasteiger partial charge in [0.1, 0.15) is 0 Å². The summed E-state index contributed by atoms with van der Waals surface area (Å²) in [6.45, 7) is 2.40. The number of benzene rings is 1. The molecule has 25 heavy (non-hydrogen) atoms. The molecule has 0 bridgehead atoms. The van der Waals surface area contributed by atoms with Gasteiger partial charge in [-0.3, -0.25) is 0 Å². The molecule has 0 aromatic heterocycles. The second-order valence-corrected chi connectivity index (χ2v) is 8.26. The van der Waals surface area contributed by atoms with Crippen LogP contribution in [0.5, 0.6) is 5.75 Å². The van der Waals surface area contributed by atoms with E-state index in [-0.39, 0.29) is 5.82 Å². The Kier molecular flexibility index (Phi) is 6.98. The van der Waals surface area contributed by atoms with Crippen LogP contribution in [0.2, 0.25) is 0 Å². The Bertz CT molecular complexity index is 569. The lowest BCUT2D eigenvalue weighted by Crippen LogP contribution is -2.25. The normalized spacial score (nSPS) is 30.5. The average molecular weight is 409 g/mol. The molecule has 2 aliphatic rings. The molecule has 0 heterocycles. The molecule has 0 N–H and O–H groups in total. The van der Waals surface area contributed by atoms with Gasteiger partial charge in [-0.25, -0.2) is 4.39 Å². The van der Waals surface area contributed by atoms with E-state index >= 15 is 0 Å². The van der Waals surface area contributed by atoms with E-state index in [1.165, 1.54) is 51.4 Å². The van der Waals surface area contributed by atoms with Gasteiger partial charge in [-0.15, -0.1) is 0 Å². The van der Waals surface area contributed by atoms with Crippen LogP contribution in [-0.2, 0) is 0 Å². The van der Waals surface area contributed by atoms with E-state index in [1.54, 1.807) is 12.1 Å². The lowest BCUT2D eigenvalue weighted by molar-refractivity contribution is 0.171. The number of allylic oxidation sites excluding steroid dienone is 1. The number of hydrogen-bond donors (Lipinski definition) is 0. The van der Waals surface area contributed by atoms with Crippen LogP contribution in [-0.4, -0.2) is 6.61 Å². The molecule has 0 saturated heterocycles. The Hall–Kier alpha value is -0.830. The van der Waals surface area contributed by atoms with E-state index in [0.29, 0.717) is 18.3 Å². The van der Waals surface area contributed by atoms with Crippen molar-refractivity contribution in [3.8, 4) is 5.75 Å². The second-order valence-electron chi connectivity index (χ2n) is 7.73. The molecule has 0 unspecified atom stereocenters. The maximum atomic E-state index is 14.1. The first-order chi connectivity index (χ1) is 12.2. The van der Waals surface area contributed by atoms with E-state index in [1.807, 2.05) is 11.9 Å².